The van der Waals surface area contributed by atoms with Crippen molar-refractivity contribution < 1.29 is 4.74 Å². The Balaban J connectivity index is 2.18. The van der Waals surface area contributed by atoms with Crippen molar-refractivity contribution in [1.82, 2.24) is 5.32 Å². The third-order valence-electron chi connectivity index (χ3n) is 4.00. The van der Waals surface area contributed by atoms with Crippen LogP contribution in [0, 0.1) is 0 Å². The average Bonchev–Trinajstić information content (AvgIpc) is 2.39. The second-order valence-corrected chi connectivity index (χ2v) is 6.65. The molecule has 0 saturated heterocycles. The van der Waals surface area contributed by atoms with E-state index >= 15 is 0 Å². The Hall–Kier alpha value is -0.540. The minimum absolute atomic E-state index is 0.0380. The molecule has 0 amide bonds. The summed E-state index contributed by atoms with van der Waals surface area (Å²) in [7, 11) is 2.03. The molecule has 0 saturated carbocycles. The lowest BCUT2D eigenvalue weighted by Crippen LogP contribution is -2.41. The third kappa shape index (κ3) is 3.51. The first-order chi connectivity index (χ1) is 9.08. The van der Waals surface area contributed by atoms with Crippen molar-refractivity contribution in [2.24, 2.45) is 0 Å². The van der Waals surface area contributed by atoms with Gasteiger partial charge in [-0.05, 0) is 45.0 Å². The first kappa shape index (κ1) is 14.9. The lowest BCUT2D eigenvalue weighted by atomic mass is 9.85. The van der Waals surface area contributed by atoms with Crippen LogP contribution >= 0.6 is 15.9 Å². The van der Waals surface area contributed by atoms with Crippen LogP contribution in [0.25, 0.3) is 0 Å². The van der Waals surface area contributed by atoms with E-state index in [9.17, 15) is 0 Å². The van der Waals surface area contributed by atoms with E-state index < -0.39 is 0 Å². The summed E-state index contributed by atoms with van der Waals surface area (Å²) in [5.41, 5.74) is 1.23. The van der Waals surface area contributed by atoms with Crippen molar-refractivity contribution in [3.05, 3.63) is 28.2 Å². The second-order valence-electron chi connectivity index (χ2n) is 5.74. The molecule has 0 spiro atoms. The number of nitrogens with one attached hydrogen (secondary N) is 1. The van der Waals surface area contributed by atoms with Gasteiger partial charge in [0.2, 0.25) is 0 Å². The van der Waals surface area contributed by atoms with Gasteiger partial charge in [-0.3, -0.25) is 0 Å². The number of rotatable bonds is 5. The maximum absolute atomic E-state index is 6.29. The van der Waals surface area contributed by atoms with Gasteiger partial charge in [0.1, 0.15) is 11.4 Å². The van der Waals surface area contributed by atoms with Crippen LogP contribution in [-0.4, -0.2) is 12.6 Å². The van der Waals surface area contributed by atoms with Gasteiger partial charge >= 0.3 is 0 Å². The molecule has 1 aliphatic rings. The SMILES string of the molecule is CCCCCC1(C)CC(NC)c2cc(Br)ccc2O1. The summed E-state index contributed by atoms with van der Waals surface area (Å²) in [6, 6.07) is 6.69. The summed E-state index contributed by atoms with van der Waals surface area (Å²) in [5, 5.41) is 3.43. The largest absolute Gasteiger partial charge is 0.487 e. The van der Waals surface area contributed by atoms with E-state index in [1.807, 2.05) is 7.05 Å². The molecule has 0 aromatic heterocycles. The summed E-state index contributed by atoms with van der Waals surface area (Å²) < 4.78 is 7.41. The van der Waals surface area contributed by atoms with E-state index in [1.165, 1.54) is 24.8 Å². The highest BCUT2D eigenvalue weighted by molar-refractivity contribution is 9.10. The van der Waals surface area contributed by atoms with Gasteiger partial charge in [0.15, 0.2) is 0 Å². The van der Waals surface area contributed by atoms with Crippen LogP contribution in [0.3, 0.4) is 0 Å². The van der Waals surface area contributed by atoms with Crippen LogP contribution in [0.15, 0.2) is 22.7 Å². The Morgan fingerprint density at radius 3 is 2.89 bits per heavy atom. The Kier molecular flexibility index (Phi) is 4.91. The molecule has 1 aromatic carbocycles. The van der Waals surface area contributed by atoms with Crippen molar-refractivity contribution in [2.45, 2.75) is 57.6 Å². The molecule has 1 aromatic rings. The molecule has 0 fully saturated rings. The molecule has 3 heteroatoms. The fourth-order valence-corrected chi connectivity index (χ4v) is 3.27. The van der Waals surface area contributed by atoms with Crippen molar-refractivity contribution in [3.63, 3.8) is 0 Å². The predicted octanol–water partition coefficient (Wildman–Crippen LogP) is 4.83. The molecule has 0 aliphatic carbocycles. The quantitative estimate of drug-likeness (QED) is 0.783. The van der Waals surface area contributed by atoms with Crippen LogP contribution in [0.1, 0.15) is 57.6 Å². The van der Waals surface area contributed by atoms with Gasteiger partial charge in [-0.15, -0.1) is 0 Å². The Morgan fingerprint density at radius 2 is 2.21 bits per heavy atom. The molecule has 0 bridgehead atoms. The van der Waals surface area contributed by atoms with E-state index in [0.717, 1.165) is 23.1 Å². The van der Waals surface area contributed by atoms with Crippen LogP contribution in [0.4, 0.5) is 0 Å². The molecule has 1 N–H and O–H groups in total. The number of hydrogen-bond donors (Lipinski definition) is 1. The van der Waals surface area contributed by atoms with Gasteiger partial charge in [-0.1, -0.05) is 35.7 Å². The summed E-state index contributed by atoms with van der Waals surface area (Å²) in [5.74, 6) is 1.03. The highest BCUT2D eigenvalue weighted by Crippen LogP contribution is 2.42. The monoisotopic (exact) mass is 325 g/mol. The molecule has 1 heterocycles. The van der Waals surface area contributed by atoms with E-state index in [1.54, 1.807) is 0 Å². The van der Waals surface area contributed by atoms with Crippen LogP contribution in [-0.2, 0) is 0 Å². The summed E-state index contributed by atoms with van der Waals surface area (Å²) >= 11 is 3.54. The molecule has 106 valence electrons. The van der Waals surface area contributed by atoms with Crippen LogP contribution < -0.4 is 10.1 Å². The minimum atomic E-state index is -0.0380. The molecule has 1 aliphatic heterocycles. The zero-order chi connectivity index (χ0) is 13.9. The van der Waals surface area contributed by atoms with Gasteiger partial charge in [-0.25, -0.2) is 0 Å². The fourth-order valence-electron chi connectivity index (χ4n) is 2.89. The zero-order valence-electron chi connectivity index (χ0n) is 12.1. The van der Waals surface area contributed by atoms with Crippen molar-refractivity contribution in [2.75, 3.05) is 7.05 Å². The lowest BCUT2D eigenvalue weighted by Gasteiger charge is -2.40. The van der Waals surface area contributed by atoms with E-state index in [4.69, 9.17) is 4.74 Å². The molecule has 2 nitrogen and oxygen atoms in total. The van der Waals surface area contributed by atoms with Gasteiger partial charge in [0, 0.05) is 22.5 Å². The maximum Gasteiger partial charge on any atom is 0.124 e. The standard InChI is InChI=1S/C16H24BrNO/c1-4-5-6-9-16(2)11-14(18-3)13-10-12(17)7-8-15(13)19-16/h7-8,10,14,18H,4-6,9,11H2,1-3H3. The summed E-state index contributed by atoms with van der Waals surface area (Å²) in [6.45, 7) is 4.49. The average molecular weight is 326 g/mol. The van der Waals surface area contributed by atoms with E-state index in [2.05, 4.69) is 53.3 Å². The Morgan fingerprint density at radius 1 is 1.42 bits per heavy atom. The zero-order valence-corrected chi connectivity index (χ0v) is 13.7. The first-order valence-corrected chi connectivity index (χ1v) is 8.03. The normalized spacial score (nSPS) is 25.8. The minimum Gasteiger partial charge on any atom is -0.487 e. The van der Waals surface area contributed by atoms with Crippen molar-refractivity contribution >= 4 is 15.9 Å². The molecule has 2 atom stereocenters. The van der Waals surface area contributed by atoms with Gasteiger partial charge in [-0.2, -0.15) is 0 Å². The summed E-state index contributed by atoms with van der Waals surface area (Å²) in [6.07, 6.45) is 5.96. The second kappa shape index (κ2) is 6.27. The van der Waals surface area contributed by atoms with Crippen molar-refractivity contribution in [3.8, 4) is 5.75 Å². The number of benzene rings is 1. The third-order valence-corrected chi connectivity index (χ3v) is 4.49. The smallest absolute Gasteiger partial charge is 0.124 e. The topological polar surface area (TPSA) is 21.3 Å². The highest BCUT2D eigenvalue weighted by atomic mass is 79.9. The molecular formula is C16H24BrNO. The van der Waals surface area contributed by atoms with E-state index in [0.29, 0.717) is 6.04 Å². The lowest BCUT2D eigenvalue weighted by molar-refractivity contribution is 0.0385. The number of halogens is 1. The predicted molar refractivity (Wildman–Crippen MR) is 83.7 cm³/mol. The highest BCUT2D eigenvalue weighted by Gasteiger charge is 2.36. The fraction of sp³-hybridized carbons (Fsp3) is 0.625. The number of hydrogen-bond acceptors (Lipinski definition) is 2. The Labute approximate surface area is 125 Å². The van der Waals surface area contributed by atoms with Crippen molar-refractivity contribution in [1.29, 1.82) is 0 Å². The number of unbranched alkanes of at least 4 members (excludes halogenated alkanes) is 2. The molecule has 0 radical (unpaired) electrons. The van der Waals surface area contributed by atoms with E-state index in [-0.39, 0.29) is 5.60 Å². The van der Waals surface area contributed by atoms with Gasteiger partial charge < -0.3 is 10.1 Å². The molecule has 2 unspecified atom stereocenters. The molecule has 2 rings (SSSR count). The summed E-state index contributed by atoms with van der Waals surface area (Å²) in [4.78, 5) is 0. The number of fused-ring (bicyclic) bond motifs is 1. The molecule has 19 heavy (non-hydrogen) atoms. The van der Waals surface area contributed by atoms with Crippen LogP contribution in [0.2, 0.25) is 0 Å². The number of ether oxygens (including phenoxy) is 1. The van der Waals surface area contributed by atoms with Crippen LogP contribution in [0.5, 0.6) is 5.75 Å². The maximum atomic E-state index is 6.29. The van der Waals surface area contributed by atoms with Gasteiger partial charge in [0.25, 0.3) is 0 Å². The van der Waals surface area contributed by atoms with Gasteiger partial charge in [0.05, 0.1) is 0 Å². The Bertz CT molecular complexity index is 435. The molecular weight excluding hydrogens is 302 g/mol. The first-order valence-electron chi connectivity index (χ1n) is 7.24.